The number of hydrogen-bond acceptors (Lipinski definition) is 8. The van der Waals surface area contributed by atoms with E-state index in [1.165, 1.54) is 11.3 Å². The Morgan fingerprint density at radius 1 is 1.00 bits per heavy atom. The highest BCUT2D eigenvalue weighted by Crippen LogP contribution is 2.37. The fourth-order valence-electron chi connectivity index (χ4n) is 5.39. The topological polar surface area (TPSA) is 88.4 Å². The van der Waals surface area contributed by atoms with E-state index in [1.54, 1.807) is 25.7 Å². The zero-order valence-corrected chi connectivity index (χ0v) is 30.8. The van der Waals surface area contributed by atoms with Crippen LogP contribution in [0, 0.1) is 3.57 Å². The molecule has 0 N–H and O–H groups in total. The van der Waals surface area contributed by atoms with Crippen molar-refractivity contribution in [2.75, 3.05) is 20.8 Å². The van der Waals surface area contributed by atoms with Gasteiger partial charge in [-0.05, 0) is 88.7 Å². The second-order valence-corrected chi connectivity index (χ2v) is 13.7. The molecule has 48 heavy (non-hydrogen) atoms. The first-order valence-electron chi connectivity index (χ1n) is 15.0. The largest absolute Gasteiger partial charge is 0.497 e. The van der Waals surface area contributed by atoms with Crippen molar-refractivity contribution >= 4 is 67.6 Å². The number of thiazole rings is 1. The maximum Gasteiger partial charge on any atom is 0.338 e. The van der Waals surface area contributed by atoms with E-state index >= 15 is 0 Å². The smallest absolute Gasteiger partial charge is 0.338 e. The lowest BCUT2D eigenvalue weighted by molar-refractivity contribution is -0.138. The molecule has 5 aromatic rings. The minimum atomic E-state index is -0.785. The highest BCUT2D eigenvalue weighted by atomic mass is 127. The van der Waals surface area contributed by atoms with Gasteiger partial charge in [0.05, 0.1) is 46.2 Å². The van der Waals surface area contributed by atoms with Crippen molar-refractivity contribution in [2.45, 2.75) is 19.6 Å². The van der Waals surface area contributed by atoms with Gasteiger partial charge < -0.3 is 18.9 Å². The monoisotopic (exact) mass is 836 g/mol. The summed E-state index contributed by atoms with van der Waals surface area (Å²) in [7, 11) is 3.18. The maximum absolute atomic E-state index is 14.3. The van der Waals surface area contributed by atoms with E-state index in [0.29, 0.717) is 38.9 Å². The summed E-state index contributed by atoms with van der Waals surface area (Å²) in [4.78, 5) is 33.4. The van der Waals surface area contributed by atoms with Crippen LogP contribution in [0.1, 0.15) is 35.2 Å². The molecule has 1 aliphatic rings. The molecule has 0 bridgehead atoms. The van der Waals surface area contributed by atoms with Gasteiger partial charge in [0.25, 0.3) is 5.56 Å². The van der Waals surface area contributed by atoms with Crippen molar-refractivity contribution in [1.29, 1.82) is 0 Å². The second kappa shape index (κ2) is 14.9. The van der Waals surface area contributed by atoms with E-state index in [1.807, 2.05) is 97.1 Å². The summed E-state index contributed by atoms with van der Waals surface area (Å²) in [6, 6.07) is 27.7. The lowest BCUT2D eigenvalue weighted by Crippen LogP contribution is -2.40. The third-order valence-electron chi connectivity index (χ3n) is 7.65. The zero-order valence-electron chi connectivity index (χ0n) is 26.2. The quantitative estimate of drug-likeness (QED) is 0.113. The fraction of sp³-hybridized carbons (Fsp3) is 0.162. The van der Waals surface area contributed by atoms with Crippen molar-refractivity contribution in [3.63, 3.8) is 0 Å². The number of ether oxygens (including phenoxy) is 4. The molecule has 0 aliphatic carbocycles. The Hall–Kier alpha value is -4.20. The lowest BCUT2D eigenvalue weighted by Gasteiger charge is -2.26. The predicted molar refractivity (Wildman–Crippen MR) is 198 cm³/mol. The lowest BCUT2D eigenvalue weighted by atomic mass is 9.93. The number of halogens is 2. The summed E-state index contributed by atoms with van der Waals surface area (Å²) in [5, 5.41) is 0. The fourth-order valence-corrected chi connectivity index (χ4v) is 7.44. The van der Waals surface area contributed by atoms with Crippen LogP contribution in [0.25, 0.3) is 11.8 Å². The van der Waals surface area contributed by atoms with Gasteiger partial charge in [0.1, 0.15) is 12.4 Å². The van der Waals surface area contributed by atoms with E-state index in [4.69, 9.17) is 23.9 Å². The van der Waals surface area contributed by atoms with Gasteiger partial charge in [-0.25, -0.2) is 9.79 Å². The first-order valence-corrected chi connectivity index (χ1v) is 17.7. The summed E-state index contributed by atoms with van der Waals surface area (Å²) in [5.74, 6) is 1.29. The molecule has 0 spiro atoms. The number of rotatable bonds is 10. The number of aromatic nitrogens is 1. The number of hydrogen-bond donors (Lipinski definition) is 0. The molecule has 0 fully saturated rings. The number of nitrogens with zero attached hydrogens (tertiary/aromatic N) is 2. The Labute approximate surface area is 303 Å². The van der Waals surface area contributed by atoms with Gasteiger partial charge in [0, 0.05) is 10.0 Å². The number of carbonyl (C=O) groups excluding carboxylic acids is 1. The van der Waals surface area contributed by atoms with Crippen LogP contribution in [0.5, 0.6) is 17.2 Å². The number of methoxy groups -OCH3 is 2. The predicted octanol–water partition coefficient (Wildman–Crippen LogP) is 6.90. The first-order chi connectivity index (χ1) is 23.3. The van der Waals surface area contributed by atoms with Crippen LogP contribution in [0.4, 0.5) is 0 Å². The Kier molecular flexibility index (Phi) is 10.5. The average Bonchev–Trinajstić information content (AvgIpc) is 3.41. The second-order valence-electron chi connectivity index (χ2n) is 10.7. The van der Waals surface area contributed by atoms with E-state index in [2.05, 4.69) is 38.5 Å². The Bertz CT molecular complexity index is 2180. The molecule has 1 atom stereocenters. The zero-order chi connectivity index (χ0) is 33.8. The molecule has 8 nitrogen and oxygen atoms in total. The number of fused-ring (bicyclic) bond motifs is 1. The van der Waals surface area contributed by atoms with Crippen LogP contribution in [0.15, 0.2) is 111 Å². The molecule has 4 aromatic carbocycles. The third kappa shape index (κ3) is 6.99. The van der Waals surface area contributed by atoms with Crippen LogP contribution in [0.3, 0.4) is 0 Å². The molecule has 2 heterocycles. The molecule has 0 unspecified atom stereocenters. The molecule has 1 aromatic heterocycles. The van der Waals surface area contributed by atoms with Crippen LogP contribution >= 0.6 is 49.9 Å². The van der Waals surface area contributed by atoms with Crippen LogP contribution in [-0.2, 0) is 16.1 Å². The van der Waals surface area contributed by atoms with Crippen LogP contribution < -0.4 is 29.1 Å². The highest BCUT2D eigenvalue weighted by Gasteiger charge is 2.35. The Morgan fingerprint density at radius 2 is 1.73 bits per heavy atom. The molecule has 6 rings (SSSR count). The first kappa shape index (κ1) is 33.7. The minimum absolute atomic E-state index is 0.174. The summed E-state index contributed by atoms with van der Waals surface area (Å²) in [5.41, 5.74) is 3.71. The number of benzene rings is 4. The van der Waals surface area contributed by atoms with E-state index in [9.17, 15) is 9.59 Å². The maximum atomic E-state index is 14.3. The molecule has 1 aliphatic heterocycles. The normalized spacial score (nSPS) is 14.3. The molecule has 11 heteroatoms. The molecule has 0 saturated heterocycles. The Morgan fingerprint density at radius 3 is 2.40 bits per heavy atom. The number of esters is 1. The summed E-state index contributed by atoms with van der Waals surface area (Å²) >= 11 is 6.94. The van der Waals surface area contributed by atoms with Gasteiger partial charge in [0.2, 0.25) is 0 Å². The van der Waals surface area contributed by atoms with Gasteiger partial charge >= 0.3 is 5.97 Å². The van der Waals surface area contributed by atoms with E-state index in [0.717, 1.165) is 30.3 Å². The van der Waals surface area contributed by atoms with Gasteiger partial charge in [-0.15, -0.1) is 0 Å². The van der Waals surface area contributed by atoms with Crippen molar-refractivity contribution in [3.8, 4) is 17.2 Å². The highest BCUT2D eigenvalue weighted by molar-refractivity contribution is 14.1. The molecule has 244 valence electrons. The van der Waals surface area contributed by atoms with Crippen molar-refractivity contribution < 1.29 is 23.7 Å². The van der Waals surface area contributed by atoms with Gasteiger partial charge in [-0.1, -0.05) is 81.9 Å². The molecular weight excluding hydrogens is 807 g/mol. The summed E-state index contributed by atoms with van der Waals surface area (Å²) < 4.78 is 26.7. The standard InChI is InChI=1S/C37H30BrIN2O6S/c1-4-46-36(43)31-32(24-8-6-5-7-9-24)40-37-41(33(31)25-12-16-27(44-2)17-13-25)35(42)30(48-37)20-23-18-28(39)34(29(19-23)45-3)47-21-22-10-14-26(38)15-11-22/h5-20,33H,4,21H2,1-3H3/b30-20-/t33-/m0/s1. The van der Waals surface area contributed by atoms with E-state index in [-0.39, 0.29) is 17.7 Å². The molecule has 0 saturated carbocycles. The van der Waals surface area contributed by atoms with Gasteiger partial charge in [-0.3, -0.25) is 9.36 Å². The van der Waals surface area contributed by atoms with Crippen molar-refractivity contribution in [1.82, 2.24) is 4.57 Å². The number of carbonyl (C=O) groups is 1. The average molecular weight is 838 g/mol. The summed E-state index contributed by atoms with van der Waals surface area (Å²) in [6.45, 7) is 2.30. The van der Waals surface area contributed by atoms with Crippen LogP contribution in [0.2, 0.25) is 0 Å². The SMILES string of the molecule is CCOC(=O)C1=C(c2ccccc2)N=c2s/c(=C\c3cc(I)c(OCc4ccc(Br)cc4)c(OC)c3)c(=O)n2[C@H]1c1ccc(OC)cc1. The minimum Gasteiger partial charge on any atom is -0.497 e. The van der Waals surface area contributed by atoms with E-state index < -0.39 is 12.0 Å². The molecule has 0 amide bonds. The molecule has 0 radical (unpaired) electrons. The Balaban J connectivity index is 1.49. The third-order valence-corrected chi connectivity index (χ3v) is 9.96. The van der Waals surface area contributed by atoms with Crippen molar-refractivity contribution in [3.05, 3.63) is 147 Å². The van der Waals surface area contributed by atoms with Crippen LogP contribution in [-0.4, -0.2) is 31.4 Å². The van der Waals surface area contributed by atoms with Gasteiger partial charge in [-0.2, -0.15) is 0 Å². The van der Waals surface area contributed by atoms with Gasteiger partial charge in [0.15, 0.2) is 16.3 Å². The van der Waals surface area contributed by atoms with Crippen molar-refractivity contribution in [2.24, 2.45) is 4.99 Å². The molecular formula is C37H30BrIN2O6S. The summed E-state index contributed by atoms with van der Waals surface area (Å²) in [6.07, 6.45) is 1.81.